The number of hydrogen-bond acceptors (Lipinski definition) is 3. The second-order valence-electron chi connectivity index (χ2n) is 4.75. The van der Waals surface area contributed by atoms with Crippen molar-refractivity contribution >= 4 is 11.6 Å². The Morgan fingerprint density at radius 3 is 2.74 bits per heavy atom. The van der Waals surface area contributed by atoms with Gasteiger partial charge in [-0.25, -0.2) is 4.98 Å². The summed E-state index contributed by atoms with van der Waals surface area (Å²) in [6.45, 7) is 0.634. The van der Waals surface area contributed by atoms with Crippen LogP contribution in [0.25, 0.3) is 11.4 Å². The SMILES string of the molecule is O=c1cc(CNC2CC2)nc(-c2ccc(Cl)cc2)[nH]1. The first-order valence-corrected chi connectivity index (χ1v) is 6.68. The molecule has 1 aromatic carbocycles. The third-order valence-electron chi connectivity index (χ3n) is 3.06. The summed E-state index contributed by atoms with van der Waals surface area (Å²) in [4.78, 5) is 18.9. The minimum Gasteiger partial charge on any atom is -0.308 e. The highest BCUT2D eigenvalue weighted by molar-refractivity contribution is 6.30. The van der Waals surface area contributed by atoms with Crippen molar-refractivity contribution in [3.05, 3.63) is 51.4 Å². The average molecular weight is 276 g/mol. The third-order valence-corrected chi connectivity index (χ3v) is 3.31. The highest BCUT2D eigenvalue weighted by Crippen LogP contribution is 2.20. The molecule has 1 aliphatic carbocycles. The van der Waals surface area contributed by atoms with Crippen LogP contribution in [-0.4, -0.2) is 16.0 Å². The lowest BCUT2D eigenvalue weighted by atomic mass is 10.2. The molecule has 2 aromatic rings. The molecule has 1 saturated carbocycles. The molecule has 0 bridgehead atoms. The van der Waals surface area contributed by atoms with E-state index in [1.165, 1.54) is 18.9 Å². The first-order chi connectivity index (χ1) is 9.20. The fourth-order valence-corrected chi connectivity index (χ4v) is 2.01. The molecule has 5 heteroatoms. The topological polar surface area (TPSA) is 57.8 Å². The first-order valence-electron chi connectivity index (χ1n) is 6.30. The lowest BCUT2D eigenvalue weighted by Gasteiger charge is -2.05. The smallest absolute Gasteiger partial charge is 0.251 e. The third kappa shape index (κ3) is 3.22. The van der Waals surface area contributed by atoms with Gasteiger partial charge in [0.15, 0.2) is 0 Å². The van der Waals surface area contributed by atoms with Gasteiger partial charge in [0.2, 0.25) is 0 Å². The molecule has 0 amide bonds. The number of hydrogen-bond donors (Lipinski definition) is 2. The van der Waals surface area contributed by atoms with Crippen LogP contribution in [0.5, 0.6) is 0 Å². The molecular weight excluding hydrogens is 262 g/mol. The summed E-state index contributed by atoms with van der Waals surface area (Å²) in [7, 11) is 0. The standard InChI is InChI=1S/C14H14ClN3O/c15-10-3-1-9(2-4-10)14-17-12(7-13(19)18-14)8-16-11-5-6-11/h1-4,7,11,16H,5-6,8H2,(H,17,18,19). The molecule has 2 N–H and O–H groups in total. The van der Waals surface area contributed by atoms with Crippen LogP contribution >= 0.6 is 11.6 Å². The molecule has 0 aliphatic heterocycles. The second kappa shape index (κ2) is 5.15. The monoisotopic (exact) mass is 275 g/mol. The Kier molecular flexibility index (Phi) is 3.36. The zero-order valence-electron chi connectivity index (χ0n) is 10.3. The van der Waals surface area contributed by atoms with Crippen LogP contribution in [0.1, 0.15) is 18.5 Å². The molecule has 98 valence electrons. The van der Waals surface area contributed by atoms with Crippen LogP contribution in [0.2, 0.25) is 5.02 Å². The summed E-state index contributed by atoms with van der Waals surface area (Å²) in [6.07, 6.45) is 2.43. The second-order valence-corrected chi connectivity index (χ2v) is 5.18. The maximum absolute atomic E-state index is 11.7. The molecule has 4 nitrogen and oxygen atoms in total. The summed E-state index contributed by atoms with van der Waals surface area (Å²) in [6, 6.07) is 9.39. The van der Waals surface area contributed by atoms with Crippen molar-refractivity contribution in [2.75, 3.05) is 0 Å². The van der Waals surface area contributed by atoms with E-state index in [9.17, 15) is 4.79 Å². The molecule has 1 heterocycles. The summed E-state index contributed by atoms with van der Waals surface area (Å²) < 4.78 is 0. The van der Waals surface area contributed by atoms with Crippen LogP contribution < -0.4 is 10.9 Å². The van der Waals surface area contributed by atoms with Crippen molar-refractivity contribution in [1.82, 2.24) is 15.3 Å². The Morgan fingerprint density at radius 1 is 1.32 bits per heavy atom. The molecule has 0 unspecified atom stereocenters. The van der Waals surface area contributed by atoms with Crippen molar-refractivity contribution in [3.8, 4) is 11.4 Å². The predicted octanol–water partition coefficient (Wildman–Crippen LogP) is 2.34. The Balaban J connectivity index is 1.87. The molecule has 0 spiro atoms. The van der Waals surface area contributed by atoms with Crippen molar-refractivity contribution in [2.45, 2.75) is 25.4 Å². The van der Waals surface area contributed by atoms with E-state index in [2.05, 4.69) is 15.3 Å². The molecule has 3 rings (SSSR count). The Hall–Kier alpha value is -1.65. The van der Waals surface area contributed by atoms with Crippen LogP contribution in [-0.2, 0) is 6.54 Å². The zero-order chi connectivity index (χ0) is 13.2. The summed E-state index contributed by atoms with van der Waals surface area (Å²) in [5.41, 5.74) is 1.49. The lowest BCUT2D eigenvalue weighted by molar-refractivity contribution is 0.672. The van der Waals surface area contributed by atoms with Gasteiger partial charge in [-0.05, 0) is 37.1 Å². The number of nitrogens with zero attached hydrogens (tertiary/aromatic N) is 1. The van der Waals surface area contributed by atoms with Crippen LogP contribution in [0.4, 0.5) is 0 Å². The summed E-state index contributed by atoms with van der Waals surface area (Å²) in [5, 5.41) is 4.02. The van der Waals surface area contributed by atoms with Gasteiger partial charge in [-0.2, -0.15) is 0 Å². The van der Waals surface area contributed by atoms with Crippen molar-refractivity contribution in [3.63, 3.8) is 0 Å². The number of benzene rings is 1. The van der Waals surface area contributed by atoms with E-state index < -0.39 is 0 Å². The maximum Gasteiger partial charge on any atom is 0.251 e. The quantitative estimate of drug-likeness (QED) is 0.900. The van der Waals surface area contributed by atoms with E-state index in [0.717, 1.165) is 11.3 Å². The number of nitrogens with one attached hydrogen (secondary N) is 2. The fourth-order valence-electron chi connectivity index (χ4n) is 1.88. The highest BCUT2D eigenvalue weighted by atomic mass is 35.5. The molecule has 19 heavy (non-hydrogen) atoms. The fraction of sp³-hybridized carbons (Fsp3) is 0.286. The van der Waals surface area contributed by atoms with Crippen molar-refractivity contribution < 1.29 is 0 Å². The van der Waals surface area contributed by atoms with Crippen LogP contribution in [0.15, 0.2) is 35.1 Å². The minimum atomic E-state index is -0.132. The summed E-state index contributed by atoms with van der Waals surface area (Å²) >= 11 is 5.85. The predicted molar refractivity (Wildman–Crippen MR) is 75.2 cm³/mol. The van der Waals surface area contributed by atoms with Gasteiger partial charge >= 0.3 is 0 Å². The molecule has 0 radical (unpaired) electrons. The maximum atomic E-state index is 11.7. The number of aromatic amines is 1. The largest absolute Gasteiger partial charge is 0.308 e. The van der Waals surface area contributed by atoms with Gasteiger partial charge in [0.25, 0.3) is 5.56 Å². The van der Waals surface area contributed by atoms with Gasteiger partial charge in [0.1, 0.15) is 5.82 Å². The molecule has 0 saturated heterocycles. The Bertz CT molecular complexity index is 632. The first kappa shape index (κ1) is 12.4. The Labute approximate surface area is 115 Å². The number of halogens is 1. The van der Waals surface area contributed by atoms with Crippen molar-refractivity contribution in [1.29, 1.82) is 0 Å². The van der Waals surface area contributed by atoms with Gasteiger partial charge in [-0.15, -0.1) is 0 Å². The van der Waals surface area contributed by atoms with E-state index >= 15 is 0 Å². The van der Waals surface area contributed by atoms with E-state index in [4.69, 9.17) is 11.6 Å². The van der Waals surface area contributed by atoms with Gasteiger partial charge < -0.3 is 10.3 Å². The van der Waals surface area contributed by atoms with Gasteiger partial charge in [0.05, 0.1) is 5.69 Å². The van der Waals surface area contributed by atoms with Gasteiger partial charge in [-0.3, -0.25) is 4.79 Å². The van der Waals surface area contributed by atoms with E-state index in [0.29, 0.717) is 23.4 Å². The Morgan fingerprint density at radius 2 is 2.05 bits per heavy atom. The molecule has 0 atom stereocenters. The molecule has 1 aliphatic rings. The van der Waals surface area contributed by atoms with E-state index in [1.807, 2.05) is 12.1 Å². The average Bonchev–Trinajstić information content (AvgIpc) is 3.20. The molecule has 1 aromatic heterocycles. The number of H-pyrrole nitrogens is 1. The zero-order valence-corrected chi connectivity index (χ0v) is 11.1. The minimum absolute atomic E-state index is 0.132. The molecular formula is C14H14ClN3O. The normalized spacial score (nSPS) is 14.6. The van der Waals surface area contributed by atoms with Crippen molar-refractivity contribution in [2.24, 2.45) is 0 Å². The van der Waals surface area contributed by atoms with E-state index in [-0.39, 0.29) is 5.56 Å². The highest BCUT2D eigenvalue weighted by Gasteiger charge is 2.20. The van der Waals surface area contributed by atoms with Gasteiger partial charge in [0, 0.05) is 29.2 Å². The summed E-state index contributed by atoms with van der Waals surface area (Å²) in [5.74, 6) is 0.580. The van der Waals surface area contributed by atoms with E-state index in [1.54, 1.807) is 12.1 Å². The van der Waals surface area contributed by atoms with Gasteiger partial charge in [-0.1, -0.05) is 11.6 Å². The number of aromatic nitrogens is 2. The van der Waals surface area contributed by atoms with Crippen LogP contribution in [0.3, 0.4) is 0 Å². The molecule has 1 fully saturated rings. The van der Waals surface area contributed by atoms with Crippen LogP contribution in [0, 0.1) is 0 Å². The lowest BCUT2D eigenvalue weighted by Crippen LogP contribution is -2.19. The number of rotatable bonds is 4.